The third-order valence-electron chi connectivity index (χ3n) is 3.84. The van der Waals surface area contributed by atoms with Crippen molar-refractivity contribution < 1.29 is 23.7 Å². The topological polar surface area (TPSA) is 111 Å². The molecule has 0 spiro atoms. The highest BCUT2D eigenvalue weighted by atomic mass is 35.5. The Balaban J connectivity index is 2.08. The summed E-state index contributed by atoms with van der Waals surface area (Å²) in [6, 6.07) is 1.14. The summed E-state index contributed by atoms with van der Waals surface area (Å²) in [6.07, 6.45) is -2.96. The molecule has 0 radical (unpaired) electrons. The van der Waals surface area contributed by atoms with Crippen LogP contribution in [0.2, 0.25) is 0 Å². The molecule has 1 aromatic heterocycles. The summed E-state index contributed by atoms with van der Waals surface area (Å²) < 4.78 is 34.0. The number of rotatable bonds is 2. The van der Waals surface area contributed by atoms with Crippen molar-refractivity contribution in [1.82, 2.24) is 9.55 Å². The number of fused-ring (bicyclic) bond motifs is 1. The number of halogens is 3. The van der Waals surface area contributed by atoms with Crippen LogP contribution in [0.5, 0.6) is 0 Å². The minimum absolute atomic E-state index is 0.136. The van der Waals surface area contributed by atoms with Gasteiger partial charge in [-0.3, -0.25) is 4.57 Å². The third-order valence-corrected chi connectivity index (χ3v) is 4.24. The van der Waals surface area contributed by atoms with Crippen LogP contribution in [0.3, 0.4) is 0 Å². The smallest absolute Gasteiger partial charge is 0.351 e. The number of alkyl halides is 3. The van der Waals surface area contributed by atoms with Crippen LogP contribution in [0.15, 0.2) is 17.1 Å². The number of nitrogens with zero attached hydrogens (tertiary/aromatic N) is 2. The molecule has 7 nitrogen and oxygen atoms in total. The maximum Gasteiger partial charge on any atom is 0.351 e. The van der Waals surface area contributed by atoms with Crippen molar-refractivity contribution >= 4 is 17.4 Å². The molecule has 20 heavy (non-hydrogen) atoms. The number of anilines is 1. The Morgan fingerprint density at radius 1 is 1.60 bits per heavy atom. The van der Waals surface area contributed by atoms with Crippen molar-refractivity contribution in [2.45, 2.75) is 29.5 Å². The maximum atomic E-state index is 14.3. The zero-order valence-electron chi connectivity index (χ0n) is 9.83. The minimum Gasteiger partial charge on any atom is -0.387 e. The van der Waals surface area contributed by atoms with E-state index < -0.39 is 41.0 Å². The first-order valence-corrected chi connectivity index (χ1v) is 6.12. The summed E-state index contributed by atoms with van der Waals surface area (Å²) in [4.78, 5) is 14.9. The standard InChI is InChI=1S/C10H10ClF2N3O4/c11-3-8-5(17)9(8,19)10(12,13)6(20-8)16-2-1-4(14)15-7(16)18/h1-2,5-6,17,19H,3H2,(H2,14,15,18)/t5?,6-,8-,9+/m1/s1. The van der Waals surface area contributed by atoms with Crippen molar-refractivity contribution in [2.75, 3.05) is 11.6 Å². The lowest BCUT2D eigenvalue weighted by Gasteiger charge is -2.26. The Bertz CT molecular complexity index is 641. The average Bonchev–Trinajstić information content (AvgIpc) is 2.78. The molecule has 1 unspecified atom stereocenters. The number of aromatic nitrogens is 2. The Labute approximate surface area is 115 Å². The van der Waals surface area contributed by atoms with Gasteiger partial charge in [-0.1, -0.05) is 0 Å². The first-order valence-electron chi connectivity index (χ1n) is 5.59. The molecule has 0 aromatic carbocycles. The molecule has 4 N–H and O–H groups in total. The van der Waals surface area contributed by atoms with Crippen LogP contribution in [0.4, 0.5) is 14.6 Å². The van der Waals surface area contributed by atoms with E-state index in [1.807, 2.05) is 0 Å². The zero-order chi connectivity index (χ0) is 14.9. The molecule has 1 aliphatic heterocycles. The van der Waals surface area contributed by atoms with Gasteiger partial charge in [-0.15, -0.1) is 11.6 Å². The van der Waals surface area contributed by atoms with E-state index in [0.717, 1.165) is 12.3 Å². The fourth-order valence-corrected chi connectivity index (χ4v) is 3.01. The summed E-state index contributed by atoms with van der Waals surface area (Å²) in [7, 11) is 0. The van der Waals surface area contributed by atoms with Crippen LogP contribution in [0.25, 0.3) is 0 Å². The summed E-state index contributed by atoms with van der Waals surface area (Å²) in [5.74, 6) is -4.60. The van der Waals surface area contributed by atoms with Crippen molar-refractivity contribution in [1.29, 1.82) is 0 Å². The molecular formula is C10H10ClF2N3O4. The SMILES string of the molecule is Nc1ccn([C@@H]2O[C@]3(CCl)C(O)[C@@]3(O)C2(F)F)c(=O)n1. The van der Waals surface area contributed by atoms with E-state index in [2.05, 4.69) is 4.98 Å². The van der Waals surface area contributed by atoms with Crippen LogP contribution in [0.1, 0.15) is 6.23 Å². The van der Waals surface area contributed by atoms with Gasteiger partial charge in [0.05, 0.1) is 5.88 Å². The van der Waals surface area contributed by atoms with Gasteiger partial charge in [0.25, 0.3) is 0 Å². The number of aliphatic hydroxyl groups is 2. The Morgan fingerprint density at radius 2 is 2.25 bits per heavy atom. The summed E-state index contributed by atoms with van der Waals surface area (Å²) >= 11 is 5.52. The Hall–Kier alpha value is -1.29. The van der Waals surface area contributed by atoms with Gasteiger partial charge in [0.15, 0.2) is 11.2 Å². The lowest BCUT2D eigenvalue weighted by molar-refractivity contribution is -0.200. The molecule has 1 aromatic rings. The molecular weight excluding hydrogens is 300 g/mol. The summed E-state index contributed by atoms with van der Waals surface area (Å²) in [5.41, 5.74) is -0.612. The highest BCUT2D eigenvalue weighted by Gasteiger charge is 2.95. The van der Waals surface area contributed by atoms with E-state index in [4.69, 9.17) is 22.1 Å². The average molecular weight is 310 g/mol. The monoisotopic (exact) mass is 309 g/mol. The van der Waals surface area contributed by atoms with Gasteiger partial charge in [-0.2, -0.15) is 13.8 Å². The molecule has 2 fully saturated rings. The van der Waals surface area contributed by atoms with Crippen LogP contribution in [0, 0.1) is 0 Å². The number of ether oxygens (including phenoxy) is 1. The second-order valence-corrected chi connectivity index (χ2v) is 5.09. The lowest BCUT2D eigenvalue weighted by atomic mass is 10.1. The van der Waals surface area contributed by atoms with Gasteiger partial charge in [0.2, 0.25) is 6.23 Å². The molecule has 1 saturated heterocycles. The van der Waals surface area contributed by atoms with Gasteiger partial charge >= 0.3 is 11.6 Å². The first-order chi connectivity index (χ1) is 9.22. The largest absolute Gasteiger partial charge is 0.387 e. The number of nitrogens with two attached hydrogens (primary N) is 1. The molecule has 0 amide bonds. The summed E-state index contributed by atoms with van der Waals surface area (Å²) in [5, 5.41) is 19.4. The van der Waals surface area contributed by atoms with Gasteiger partial charge < -0.3 is 20.7 Å². The van der Waals surface area contributed by atoms with Gasteiger partial charge in [0, 0.05) is 6.20 Å². The van der Waals surface area contributed by atoms with Crippen molar-refractivity contribution in [2.24, 2.45) is 0 Å². The van der Waals surface area contributed by atoms with Crippen LogP contribution in [-0.2, 0) is 4.74 Å². The molecule has 3 rings (SSSR count). The highest BCUT2D eigenvalue weighted by molar-refractivity contribution is 6.19. The van der Waals surface area contributed by atoms with Crippen molar-refractivity contribution in [3.8, 4) is 0 Å². The molecule has 10 heteroatoms. The Kier molecular flexibility index (Phi) is 2.51. The van der Waals surface area contributed by atoms with E-state index in [9.17, 15) is 23.8 Å². The molecule has 2 aliphatic rings. The first kappa shape index (κ1) is 13.7. The van der Waals surface area contributed by atoms with E-state index in [1.165, 1.54) is 0 Å². The van der Waals surface area contributed by atoms with E-state index in [1.54, 1.807) is 0 Å². The quantitative estimate of drug-likeness (QED) is 0.609. The fourth-order valence-electron chi connectivity index (χ4n) is 2.59. The minimum atomic E-state index is -3.91. The molecule has 1 aliphatic carbocycles. The molecule has 1 saturated carbocycles. The second-order valence-electron chi connectivity index (χ2n) is 4.83. The summed E-state index contributed by atoms with van der Waals surface area (Å²) in [6.45, 7) is 0. The number of hydrogen-bond acceptors (Lipinski definition) is 6. The third kappa shape index (κ3) is 1.24. The molecule has 110 valence electrons. The van der Waals surface area contributed by atoms with Gasteiger partial charge in [0.1, 0.15) is 11.9 Å². The van der Waals surface area contributed by atoms with Crippen molar-refractivity contribution in [3.05, 3.63) is 22.7 Å². The van der Waals surface area contributed by atoms with E-state index in [-0.39, 0.29) is 5.82 Å². The lowest BCUT2D eigenvalue weighted by Crippen LogP contribution is -2.46. The van der Waals surface area contributed by atoms with Crippen molar-refractivity contribution in [3.63, 3.8) is 0 Å². The molecule has 0 bridgehead atoms. The number of aliphatic hydroxyl groups excluding tert-OH is 1. The Morgan fingerprint density at radius 3 is 2.75 bits per heavy atom. The normalized spacial score (nSPS) is 41.5. The maximum absolute atomic E-state index is 14.3. The predicted molar refractivity (Wildman–Crippen MR) is 62.4 cm³/mol. The second kappa shape index (κ2) is 3.67. The molecule has 4 atom stereocenters. The highest BCUT2D eigenvalue weighted by Crippen LogP contribution is 2.69. The van der Waals surface area contributed by atoms with Crippen LogP contribution in [-0.4, -0.2) is 48.9 Å². The van der Waals surface area contributed by atoms with Gasteiger partial charge in [-0.25, -0.2) is 4.79 Å². The number of nitrogen functional groups attached to an aromatic ring is 1. The fraction of sp³-hybridized carbons (Fsp3) is 0.600. The van der Waals surface area contributed by atoms with Gasteiger partial charge in [-0.05, 0) is 6.07 Å². The number of hydrogen-bond donors (Lipinski definition) is 3. The van der Waals surface area contributed by atoms with Crippen LogP contribution >= 0.6 is 11.6 Å². The van der Waals surface area contributed by atoms with Crippen LogP contribution < -0.4 is 11.4 Å². The van der Waals surface area contributed by atoms with E-state index >= 15 is 0 Å². The zero-order valence-corrected chi connectivity index (χ0v) is 10.6. The van der Waals surface area contributed by atoms with E-state index in [0.29, 0.717) is 4.57 Å². The molecule has 2 heterocycles. The predicted octanol–water partition coefficient (Wildman–Crippen LogP) is -0.927.